The quantitative estimate of drug-likeness (QED) is 0.912. The van der Waals surface area contributed by atoms with Crippen molar-refractivity contribution in [3.63, 3.8) is 0 Å². The molecule has 1 aliphatic rings. The number of thiophene rings is 1. The minimum atomic E-state index is -0.0369. The highest BCUT2D eigenvalue weighted by atomic mass is 32.1. The van der Waals surface area contributed by atoms with Gasteiger partial charge in [-0.25, -0.2) is 0 Å². The lowest BCUT2D eigenvalue weighted by Gasteiger charge is -2.37. The van der Waals surface area contributed by atoms with Gasteiger partial charge in [-0.05, 0) is 37.8 Å². The van der Waals surface area contributed by atoms with Crippen molar-refractivity contribution in [3.8, 4) is 0 Å². The van der Waals surface area contributed by atoms with Crippen LogP contribution in [0.15, 0.2) is 18.2 Å². The highest BCUT2D eigenvalue weighted by Crippen LogP contribution is 2.36. The van der Waals surface area contributed by atoms with Crippen molar-refractivity contribution in [1.82, 2.24) is 4.90 Å². The Balaban J connectivity index is 1.97. The third-order valence-electron chi connectivity index (χ3n) is 4.20. The zero-order chi connectivity index (χ0) is 15.0. The molecular formula is C16H20N2O2S. The predicted octanol–water partition coefficient (Wildman–Crippen LogP) is 2.78. The number of benzene rings is 1. The number of aliphatic hydroxyl groups excluding tert-OH is 1. The van der Waals surface area contributed by atoms with Gasteiger partial charge in [-0.2, -0.15) is 0 Å². The SMILES string of the molecule is Cc1ccc2c(N)c(C(=O)N(CCO)C3CCC3)sc2c1. The summed E-state index contributed by atoms with van der Waals surface area (Å²) in [6.07, 6.45) is 3.20. The number of amides is 1. The summed E-state index contributed by atoms with van der Waals surface area (Å²) >= 11 is 1.45. The Hall–Kier alpha value is -1.59. The van der Waals surface area contributed by atoms with E-state index >= 15 is 0 Å². The van der Waals surface area contributed by atoms with E-state index in [0.29, 0.717) is 17.1 Å². The molecule has 0 spiro atoms. The fourth-order valence-electron chi connectivity index (χ4n) is 2.77. The second-order valence-electron chi connectivity index (χ2n) is 5.65. The number of fused-ring (bicyclic) bond motifs is 1. The number of carbonyl (C=O) groups is 1. The summed E-state index contributed by atoms with van der Waals surface area (Å²) in [6, 6.07) is 6.31. The van der Waals surface area contributed by atoms with E-state index in [-0.39, 0.29) is 18.6 Å². The molecule has 1 saturated carbocycles. The van der Waals surface area contributed by atoms with Crippen molar-refractivity contribution in [2.45, 2.75) is 32.2 Å². The van der Waals surface area contributed by atoms with Crippen LogP contribution in [0.25, 0.3) is 10.1 Å². The van der Waals surface area contributed by atoms with Crippen LogP contribution in [0.1, 0.15) is 34.5 Å². The fourth-order valence-corrected chi connectivity index (χ4v) is 3.95. The number of aryl methyl sites for hydroxylation is 1. The van der Waals surface area contributed by atoms with Crippen molar-refractivity contribution in [1.29, 1.82) is 0 Å². The van der Waals surface area contributed by atoms with E-state index in [2.05, 4.69) is 6.07 Å². The molecule has 2 aromatic rings. The van der Waals surface area contributed by atoms with E-state index in [1.807, 2.05) is 19.1 Å². The molecule has 0 radical (unpaired) electrons. The molecule has 21 heavy (non-hydrogen) atoms. The molecule has 5 heteroatoms. The van der Waals surface area contributed by atoms with Gasteiger partial charge in [-0.1, -0.05) is 12.1 Å². The number of anilines is 1. The summed E-state index contributed by atoms with van der Waals surface area (Å²) < 4.78 is 1.05. The van der Waals surface area contributed by atoms with Crippen LogP contribution in [0.2, 0.25) is 0 Å². The van der Waals surface area contributed by atoms with Gasteiger partial charge in [0.2, 0.25) is 0 Å². The maximum Gasteiger partial charge on any atom is 0.266 e. The topological polar surface area (TPSA) is 66.6 Å². The third kappa shape index (κ3) is 2.51. The van der Waals surface area contributed by atoms with E-state index in [9.17, 15) is 9.90 Å². The molecule has 1 aliphatic carbocycles. The molecule has 1 fully saturated rings. The molecule has 0 saturated heterocycles. The Labute approximate surface area is 128 Å². The highest BCUT2D eigenvalue weighted by Gasteiger charge is 2.31. The van der Waals surface area contributed by atoms with Gasteiger partial charge in [0.25, 0.3) is 5.91 Å². The molecule has 0 unspecified atom stereocenters. The number of hydrogen-bond acceptors (Lipinski definition) is 4. The summed E-state index contributed by atoms with van der Waals surface area (Å²) in [6.45, 7) is 2.41. The number of nitrogens with zero attached hydrogens (tertiary/aromatic N) is 1. The van der Waals surface area contributed by atoms with Crippen LogP contribution in [0, 0.1) is 6.92 Å². The summed E-state index contributed by atoms with van der Waals surface area (Å²) in [5.41, 5.74) is 7.92. The molecule has 3 rings (SSSR count). The van der Waals surface area contributed by atoms with Crippen molar-refractivity contribution < 1.29 is 9.90 Å². The van der Waals surface area contributed by atoms with E-state index < -0.39 is 0 Å². The van der Waals surface area contributed by atoms with E-state index in [1.54, 1.807) is 4.90 Å². The Morgan fingerprint density at radius 2 is 2.24 bits per heavy atom. The molecule has 1 aromatic heterocycles. The van der Waals surface area contributed by atoms with Gasteiger partial charge in [0.15, 0.2) is 0 Å². The van der Waals surface area contributed by atoms with Gasteiger partial charge in [-0.15, -0.1) is 11.3 Å². The maximum atomic E-state index is 12.8. The first-order valence-electron chi connectivity index (χ1n) is 7.32. The third-order valence-corrected chi connectivity index (χ3v) is 5.35. The predicted molar refractivity (Wildman–Crippen MR) is 86.7 cm³/mol. The molecule has 0 bridgehead atoms. The van der Waals surface area contributed by atoms with Crippen LogP contribution in [0.4, 0.5) is 5.69 Å². The zero-order valence-electron chi connectivity index (χ0n) is 12.1. The number of aliphatic hydroxyl groups is 1. The van der Waals surface area contributed by atoms with E-state index in [1.165, 1.54) is 11.3 Å². The zero-order valence-corrected chi connectivity index (χ0v) is 12.9. The standard InChI is InChI=1S/C16H20N2O2S/c1-10-5-6-12-13(9-10)21-15(14(12)17)16(20)18(7-8-19)11-3-2-4-11/h5-6,9,11,19H,2-4,7-8,17H2,1H3. The maximum absolute atomic E-state index is 12.8. The van der Waals surface area contributed by atoms with Gasteiger partial charge in [0.05, 0.1) is 12.3 Å². The van der Waals surface area contributed by atoms with E-state index in [4.69, 9.17) is 5.73 Å². The molecule has 4 nitrogen and oxygen atoms in total. The van der Waals surface area contributed by atoms with Crippen LogP contribution in [-0.2, 0) is 0 Å². The van der Waals surface area contributed by atoms with Crippen molar-refractivity contribution in [3.05, 3.63) is 28.6 Å². The molecule has 1 aromatic carbocycles. The molecule has 112 valence electrons. The summed E-state index contributed by atoms with van der Waals surface area (Å²) in [5, 5.41) is 10.2. The highest BCUT2D eigenvalue weighted by molar-refractivity contribution is 7.21. The average molecular weight is 304 g/mol. The first-order valence-corrected chi connectivity index (χ1v) is 8.14. The molecule has 1 amide bonds. The van der Waals surface area contributed by atoms with Gasteiger partial charge in [0, 0.05) is 22.7 Å². The van der Waals surface area contributed by atoms with Crippen molar-refractivity contribution in [2.75, 3.05) is 18.9 Å². The van der Waals surface area contributed by atoms with E-state index in [0.717, 1.165) is 34.9 Å². The number of carbonyl (C=O) groups excluding carboxylic acids is 1. The average Bonchev–Trinajstić information content (AvgIpc) is 2.72. The second kappa shape index (κ2) is 5.66. The molecule has 1 heterocycles. The number of rotatable bonds is 4. The summed E-state index contributed by atoms with van der Waals surface area (Å²) in [5.74, 6) is -0.0369. The van der Waals surface area contributed by atoms with Gasteiger partial charge < -0.3 is 15.7 Å². The summed E-state index contributed by atoms with van der Waals surface area (Å²) in [7, 11) is 0. The minimum absolute atomic E-state index is 0.00779. The Morgan fingerprint density at radius 3 is 2.86 bits per heavy atom. The second-order valence-corrected chi connectivity index (χ2v) is 6.70. The smallest absolute Gasteiger partial charge is 0.266 e. The van der Waals surface area contributed by atoms with Crippen LogP contribution in [0.3, 0.4) is 0 Å². The fraction of sp³-hybridized carbons (Fsp3) is 0.438. The van der Waals surface area contributed by atoms with Crippen LogP contribution in [0.5, 0.6) is 0 Å². The first-order chi connectivity index (χ1) is 10.1. The lowest BCUT2D eigenvalue weighted by atomic mass is 9.91. The number of nitrogens with two attached hydrogens (primary N) is 1. The number of hydrogen-bond donors (Lipinski definition) is 2. The van der Waals surface area contributed by atoms with Crippen LogP contribution in [-0.4, -0.2) is 35.1 Å². The van der Waals surface area contributed by atoms with Crippen molar-refractivity contribution >= 4 is 33.0 Å². The van der Waals surface area contributed by atoms with Gasteiger partial charge in [-0.3, -0.25) is 4.79 Å². The molecule has 0 atom stereocenters. The summed E-state index contributed by atoms with van der Waals surface area (Å²) in [4.78, 5) is 15.2. The lowest BCUT2D eigenvalue weighted by Crippen LogP contribution is -2.45. The normalized spacial score (nSPS) is 15.1. The van der Waals surface area contributed by atoms with Gasteiger partial charge in [0.1, 0.15) is 4.88 Å². The van der Waals surface area contributed by atoms with Crippen LogP contribution >= 0.6 is 11.3 Å². The lowest BCUT2D eigenvalue weighted by molar-refractivity contribution is 0.0531. The molecular weight excluding hydrogens is 284 g/mol. The monoisotopic (exact) mass is 304 g/mol. The Bertz CT molecular complexity index is 676. The van der Waals surface area contributed by atoms with Crippen molar-refractivity contribution in [2.24, 2.45) is 0 Å². The van der Waals surface area contributed by atoms with Gasteiger partial charge >= 0.3 is 0 Å². The number of nitrogen functional groups attached to an aromatic ring is 1. The first kappa shape index (κ1) is 14.4. The molecule has 3 N–H and O–H groups in total. The largest absolute Gasteiger partial charge is 0.397 e. The molecule has 0 aliphatic heterocycles. The Kier molecular flexibility index (Phi) is 3.87. The minimum Gasteiger partial charge on any atom is -0.397 e. The van der Waals surface area contributed by atoms with Crippen LogP contribution < -0.4 is 5.73 Å². The Morgan fingerprint density at radius 1 is 1.48 bits per heavy atom.